The Bertz CT molecular complexity index is 593. The van der Waals surface area contributed by atoms with E-state index < -0.39 is 10.0 Å². The molecule has 0 aliphatic carbocycles. The fourth-order valence-corrected chi connectivity index (χ4v) is 3.41. The van der Waals surface area contributed by atoms with E-state index in [0.717, 1.165) is 0 Å². The summed E-state index contributed by atoms with van der Waals surface area (Å²) in [7, 11) is -0.573. The van der Waals surface area contributed by atoms with E-state index in [4.69, 9.17) is 5.73 Å². The standard InChI is InChI=1S/C13H24N4O3S/c1-9(2)5-10(7-14)16-21(19,20)11-6-12(13(18)15-3)17(4)8-11/h6,8-10,16H,5,7,14H2,1-4H3,(H,15,18). The lowest BCUT2D eigenvalue weighted by molar-refractivity contribution is 0.0955. The highest BCUT2D eigenvalue weighted by Crippen LogP contribution is 2.15. The summed E-state index contributed by atoms with van der Waals surface area (Å²) in [5.74, 6) is -0.00467. The van der Waals surface area contributed by atoms with Crippen LogP contribution in [-0.2, 0) is 17.1 Å². The minimum absolute atomic E-state index is 0.0609. The van der Waals surface area contributed by atoms with Gasteiger partial charge in [-0.15, -0.1) is 0 Å². The highest BCUT2D eigenvalue weighted by molar-refractivity contribution is 7.89. The number of aryl methyl sites for hydroxylation is 1. The number of amides is 1. The number of nitrogens with zero attached hydrogens (tertiary/aromatic N) is 1. The van der Waals surface area contributed by atoms with Crippen LogP contribution in [0.5, 0.6) is 0 Å². The van der Waals surface area contributed by atoms with Gasteiger partial charge in [0, 0.05) is 32.9 Å². The third kappa shape index (κ3) is 4.55. The molecule has 7 nitrogen and oxygen atoms in total. The molecule has 0 fully saturated rings. The molecule has 0 saturated carbocycles. The summed E-state index contributed by atoms with van der Waals surface area (Å²) in [4.78, 5) is 11.7. The maximum Gasteiger partial charge on any atom is 0.267 e. The van der Waals surface area contributed by atoms with Gasteiger partial charge in [-0.1, -0.05) is 13.8 Å². The van der Waals surface area contributed by atoms with Crippen LogP contribution < -0.4 is 15.8 Å². The Hall–Kier alpha value is -1.38. The zero-order valence-corrected chi connectivity index (χ0v) is 13.7. The van der Waals surface area contributed by atoms with Crippen molar-refractivity contribution in [1.29, 1.82) is 0 Å². The topological polar surface area (TPSA) is 106 Å². The van der Waals surface area contributed by atoms with Gasteiger partial charge in [0.15, 0.2) is 0 Å². The van der Waals surface area contributed by atoms with Crippen molar-refractivity contribution < 1.29 is 13.2 Å². The summed E-state index contributed by atoms with van der Waals surface area (Å²) >= 11 is 0. The highest BCUT2D eigenvalue weighted by Gasteiger charge is 2.23. The van der Waals surface area contributed by atoms with E-state index in [2.05, 4.69) is 10.0 Å². The normalized spacial score (nSPS) is 13.4. The second-order valence-corrected chi connectivity index (χ2v) is 7.15. The second kappa shape index (κ2) is 7.06. The molecule has 21 heavy (non-hydrogen) atoms. The first-order valence-corrected chi connectivity index (χ1v) is 8.30. The Morgan fingerprint density at radius 2 is 2.05 bits per heavy atom. The minimum Gasteiger partial charge on any atom is -0.354 e. The molecular weight excluding hydrogens is 292 g/mol. The molecule has 0 radical (unpaired) electrons. The first-order chi connectivity index (χ1) is 9.71. The first-order valence-electron chi connectivity index (χ1n) is 6.82. The first kappa shape index (κ1) is 17.7. The molecule has 0 spiro atoms. The third-order valence-corrected chi connectivity index (χ3v) is 4.60. The van der Waals surface area contributed by atoms with Crippen LogP contribution in [0, 0.1) is 5.92 Å². The van der Waals surface area contributed by atoms with Crippen molar-refractivity contribution in [2.45, 2.75) is 31.2 Å². The lowest BCUT2D eigenvalue weighted by atomic mass is 10.1. The predicted molar refractivity (Wildman–Crippen MR) is 81.4 cm³/mol. The van der Waals surface area contributed by atoms with Crippen molar-refractivity contribution in [3.8, 4) is 0 Å². The van der Waals surface area contributed by atoms with Crippen LogP contribution in [0.3, 0.4) is 0 Å². The van der Waals surface area contributed by atoms with Crippen molar-refractivity contribution in [3.05, 3.63) is 18.0 Å². The van der Waals surface area contributed by atoms with Crippen molar-refractivity contribution in [2.24, 2.45) is 18.7 Å². The SMILES string of the molecule is CNC(=O)c1cc(S(=O)(=O)NC(CN)CC(C)C)cn1C. The largest absolute Gasteiger partial charge is 0.354 e. The molecule has 0 saturated heterocycles. The summed E-state index contributed by atoms with van der Waals surface area (Å²) in [5.41, 5.74) is 5.90. The molecule has 1 aromatic heterocycles. The van der Waals surface area contributed by atoms with Crippen LogP contribution >= 0.6 is 0 Å². The molecule has 4 N–H and O–H groups in total. The molecule has 8 heteroatoms. The Balaban J connectivity index is 3.00. The molecule has 0 aromatic carbocycles. The third-order valence-electron chi connectivity index (χ3n) is 3.11. The summed E-state index contributed by atoms with van der Waals surface area (Å²) in [6, 6.07) is 1.03. The lowest BCUT2D eigenvalue weighted by Crippen LogP contribution is -2.40. The molecule has 1 atom stereocenters. The van der Waals surface area contributed by atoms with E-state index in [0.29, 0.717) is 12.3 Å². The molecule has 0 aliphatic rings. The molecule has 1 aromatic rings. The van der Waals surface area contributed by atoms with Crippen molar-refractivity contribution >= 4 is 15.9 Å². The fraction of sp³-hybridized carbons (Fsp3) is 0.615. The Morgan fingerprint density at radius 3 is 2.52 bits per heavy atom. The molecule has 0 bridgehead atoms. The van der Waals surface area contributed by atoms with Gasteiger partial charge in [0.2, 0.25) is 10.0 Å². The van der Waals surface area contributed by atoms with Crippen LogP contribution in [0.4, 0.5) is 0 Å². The molecule has 120 valence electrons. The lowest BCUT2D eigenvalue weighted by Gasteiger charge is -2.18. The van der Waals surface area contributed by atoms with E-state index in [-0.39, 0.29) is 29.1 Å². The van der Waals surface area contributed by atoms with Gasteiger partial charge in [0.05, 0.1) is 0 Å². The van der Waals surface area contributed by atoms with E-state index in [9.17, 15) is 13.2 Å². The number of nitrogens with two attached hydrogens (primary N) is 1. The Labute approximate surface area is 125 Å². The molecule has 1 rings (SSSR count). The summed E-state index contributed by atoms with van der Waals surface area (Å²) < 4.78 is 28.8. The zero-order valence-electron chi connectivity index (χ0n) is 12.9. The summed E-state index contributed by atoms with van der Waals surface area (Å²) in [6.07, 6.45) is 2.07. The van der Waals surface area contributed by atoms with Crippen LogP contribution in [0.25, 0.3) is 0 Å². The number of carbonyl (C=O) groups excluding carboxylic acids is 1. The van der Waals surface area contributed by atoms with Gasteiger partial charge in [-0.3, -0.25) is 4.79 Å². The van der Waals surface area contributed by atoms with E-state index in [1.54, 1.807) is 7.05 Å². The number of hydrogen-bond donors (Lipinski definition) is 3. The number of nitrogens with one attached hydrogen (secondary N) is 2. The predicted octanol–water partition coefficient (Wildman–Crippen LogP) is 0.0364. The van der Waals surface area contributed by atoms with Gasteiger partial charge >= 0.3 is 0 Å². The minimum atomic E-state index is -3.69. The summed E-state index contributed by atoms with van der Waals surface area (Å²) in [6.45, 7) is 4.23. The Kier molecular flexibility index (Phi) is 5.94. The van der Waals surface area contributed by atoms with Gasteiger partial charge in [-0.05, 0) is 18.4 Å². The quantitative estimate of drug-likeness (QED) is 0.660. The molecule has 1 heterocycles. The van der Waals surface area contributed by atoms with Crippen LogP contribution in [-0.4, -0.2) is 38.5 Å². The van der Waals surface area contributed by atoms with Gasteiger partial charge in [-0.2, -0.15) is 0 Å². The van der Waals surface area contributed by atoms with Crippen LogP contribution in [0.15, 0.2) is 17.2 Å². The van der Waals surface area contributed by atoms with Crippen molar-refractivity contribution in [3.63, 3.8) is 0 Å². The number of carbonyl (C=O) groups is 1. The second-order valence-electron chi connectivity index (χ2n) is 5.43. The Morgan fingerprint density at radius 1 is 1.43 bits per heavy atom. The smallest absolute Gasteiger partial charge is 0.267 e. The average Bonchev–Trinajstić information content (AvgIpc) is 2.79. The van der Waals surface area contributed by atoms with E-state index in [1.165, 1.54) is 23.9 Å². The molecule has 1 unspecified atom stereocenters. The van der Waals surface area contributed by atoms with E-state index in [1.807, 2.05) is 13.8 Å². The maximum absolute atomic E-state index is 12.3. The number of sulfonamides is 1. The zero-order chi connectivity index (χ0) is 16.2. The molecular formula is C13H24N4O3S. The number of rotatable bonds is 7. The summed E-state index contributed by atoms with van der Waals surface area (Å²) in [5, 5.41) is 2.47. The van der Waals surface area contributed by atoms with Gasteiger partial charge in [0.1, 0.15) is 10.6 Å². The fourth-order valence-electron chi connectivity index (χ4n) is 2.08. The van der Waals surface area contributed by atoms with Crippen LogP contribution in [0.2, 0.25) is 0 Å². The highest BCUT2D eigenvalue weighted by atomic mass is 32.2. The van der Waals surface area contributed by atoms with E-state index >= 15 is 0 Å². The van der Waals surface area contributed by atoms with Gasteiger partial charge in [0.25, 0.3) is 5.91 Å². The van der Waals surface area contributed by atoms with Gasteiger partial charge < -0.3 is 15.6 Å². The monoisotopic (exact) mass is 316 g/mol. The molecule has 0 aliphatic heterocycles. The maximum atomic E-state index is 12.3. The van der Waals surface area contributed by atoms with Crippen molar-refractivity contribution in [1.82, 2.24) is 14.6 Å². The number of hydrogen-bond acceptors (Lipinski definition) is 4. The average molecular weight is 316 g/mol. The molecule has 1 amide bonds. The van der Waals surface area contributed by atoms with Crippen LogP contribution in [0.1, 0.15) is 30.8 Å². The van der Waals surface area contributed by atoms with Crippen molar-refractivity contribution in [2.75, 3.05) is 13.6 Å². The number of aromatic nitrogens is 1. The van der Waals surface area contributed by atoms with Gasteiger partial charge in [-0.25, -0.2) is 13.1 Å².